The molecular formula is C25H23FN2O4. The van der Waals surface area contributed by atoms with Gasteiger partial charge in [0.15, 0.2) is 11.5 Å². The van der Waals surface area contributed by atoms with Crippen LogP contribution in [0.25, 0.3) is 0 Å². The van der Waals surface area contributed by atoms with Gasteiger partial charge in [0, 0.05) is 18.1 Å². The fraction of sp³-hybridized carbons (Fsp3) is 0.240. The standard InChI is InChI=1S/C25H23FN2O4/c1-29-22-14-24(31-3)23(30-2)12-18(22)25-28-20(17-6-4-5-7-21(17)32-25)13-19(27-28)15-8-10-16(26)11-9-15/h4-12,14,20,25H,13H2,1-3H3/t20-,25+/m0/s1. The molecule has 3 aromatic carbocycles. The number of fused-ring (bicyclic) bond motifs is 3. The molecule has 0 saturated carbocycles. The Balaban J connectivity index is 1.63. The number of hydrogen-bond acceptors (Lipinski definition) is 6. The van der Waals surface area contributed by atoms with E-state index in [4.69, 9.17) is 24.0 Å². The molecule has 0 aromatic heterocycles. The predicted octanol–water partition coefficient (Wildman–Crippen LogP) is 5.09. The van der Waals surface area contributed by atoms with Crippen LogP contribution in [0.4, 0.5) is 4.39 Å². The smallest absolute Gasteiger partial charge is 0.217 e. The number of hydrogen-bond donors (Lipinski definition) is 0. The van der Waals surface area contributed by atoms with Crippen LogP contribution < -0.4 is 18.9 Å². The van der Waals surface area contributed by atoms with Gasteiger partial charge in [-0.2, -0.15) is 5.10 Å². The van der Waals surface area contributed by atoms with Gasteiger partial charge in [-0.1, -0.05) is 30.3 Å². The zero-order chi connectivity index (χ0) is 22.2. The molecule has 164 valence electrons. The fourth-order valence-electron chi connectivity index (χ4n) is 4.30. The first-order chi connectivity index (χ1) is 15.6. The Bertz CT molecular complexity index is 1180. The molecule has 3 aromatic rings. The quantitative estimate of drug-likeness (QED) is 0.560. The maximum absolute atomic E-state index is 13.5. The number of ether oxygens (including phenoxy) is 4. The highest BCUT2D eigenvalue weighted by Crippen LogP contribution is 2.50. The van der Waals surface area contributed by atoms with E-state index in [0.717, 1.165) is 28.2 Å². The molecule has 0 bridgehead atoms. The van der Waals surface area contributed by atoms with E-state index in [1.807, 2.05) is 29.3 Å². The highest BCUT2D eigenvalue weighted by Gasteiger charge is 2.42. The van der Waals surface area contributed by atoms with Crippen LogP contribution in [0.3, 0.4) is 0 Å². The van der Waals surface area contributed by atoms with Crippen LogP contribution in [0.15, 0.2) is 65.8 Å². The monoisotopic (exact) mass is 434 g/mol. The first kappa shape index (κ1) is 20.2. The van der Waals surface area contributed by atoms with Gasteiger partial charge in [-0.15, -0.1) is 0 Å². The van der Waals surface area contributed by atoms with E-state index < -0.39 is 6.23 Å². The van der Waals surface area contributed by atoms with Gasteiger partial charge in [0.2, 0.25) is 6.23 Å². The molecule has 2 heterocycles. The summed E-state index contributed by atoms with van der Waals surface area (Å²) >= 11 is 0. The average Bonchev–Trinajstić information content (AvgIpc) is 3.29. The molecule has 5 rings (SSSR count). The SMILES string of the molecule is COc1cc(OC)c([C@H]2Oc3ccccc3[C@@H]3CC(c4ccc(F)cc4)=NN23)cc1OC. The van der Waals surface area contributed by atoms with Crippen LogP contribution in [0, 0.1) is 5.82 Å². The molecule has 0 unspecified atom stereocenters. The van der Waals surface area contributed by atoms with Gasteiger partial charge >= 0.3 is 0 Å². The lowest BCUT2D eigenvalue weighted by Crippen LogP contribution is -2.34. The van der Waals surface area contributed by atoms with E-state index in [-0.39, 0.29) is 11.9 Å². The zero-order valence-corrected chi connectivity index (χ0v) is 18.0. The maximum Gasteiger partial charge on any atom is 0.217 e. The minimum Gasteiger partial charge on any atom is -0.496 e. The average molecular weight is 434 g/mol. The Labute approximate surface area is 185 Å². The van der Waals surface area contributed by atoms with Crippen molar-refractivity contribution in [2.24, 2.45) is 5.10 Å². The minimum absolute atomic E-state index is 0.0252. The summed E-state index contributed by atoms with van der Waals surface area (Å²) in [6, 6.07) is 18.0. The fourth-order valence-corrected chi connectivity index (χ4v) is 4.30. The van der Waals surface area contributed by atoms with Crippen molar-refractivity contribution in [3.8, 4) is 23.0 Å². The highest BCUT2D eigenvalue weighted by atomic mass is 19.1. The predicted molar refractivity (Wildman–Crippen MR) is 118 cm³/mol. The molecule has 2 atom stereocenters. The van der Waals surface area contributed by atoms with E-state index in [1.165, 1.54) is 12.1 Å². The second-order valence-corrected chi connectivity index (χ2v) is 7.61. The van der Waals surface area contributed by atoms with Crippen LogP contribution in [0.2, 0.25) is 0 Å². The van der Waals surface area contributed by atoms with Gasteiger partial charge in [-0.3, -0.25) is 0 Å². The summed E-state index contributed by atoms with van der Waals surface area (Å²) in [6.07, 6.45) is 0.139. The molecule has 0 amide bonds. The van der Waals surface area contributed by atoms with Crippen molar-refractivity contribution in [3.63, 3.8) is 0 Å². The summed E-state index contributed by atoms with van der Waals surface area (Å²) in [7, 11) is 4.78. The molecule has 32 heavy (non-hydrogen) atoms. The Morgan fingerprint density at radius 2 is 1.56 bits per heavy atom. The molecule has 2 aliphatic rings. The Hall–Kier alpha value is -3.74. The summed E-state index contributed by atoms with van der Waals surface area (Å²) in [6.45, 7) is 0. The number of rotatable bonds is 5. The Morgan fingerprint density at radius 3 is 2.28 bits per heavy atom. The zero-order valence-electron chi connectivity index (χ0n) is 18.0. The van der Waals surface area contributed by atoms with E-state index in [9.17, 15) is 4.39 Å². The summed E-state index contributed by atoms with van der Waals surface area (Å²) < 4.78 is 36.5. The van der Waals surface area contributed by atoms with Crippen molar-refractivity contribution in [1.82, 2.24) is 5.01 Å². The minimum atomic E-state index is -0.539. The first-order valence-corrected chi connectivity index (χ1v) is 10.3. The van der Waals surface area contributed by atoms with Crippen molar-refractivity contribution in [3.05, 3.63) is 83.2 Å². The molecule has 0 fully saturated rings. The number of benzene rings is 3. The molecule has 0 radical (unpaired) electrons. The molecule has 2 aliphatic heterocycles. The molecule has 7 heteroatoms. The lowest BCUT2D eigenvalue weighted by Gasteiger charge is -2.38. The topological polar surface area (TPSA) is 52.5 Å². The van der Waals surface area contributed by atoms with Crippen LogP contribution in [0.5, 0.6) is 23.0 Å². The van der Waals surface area contributed by atoms with E-state index in [2.05, 4.69) is 6.07 Å². The third kappa shape index (κ3) is 3.30. The van der Waals surface area contributed by atoms with Gasteiger partial charge < -0.3 is 18.9 Å². The molecular weight excluding hydrogens is 411 g/mol. The number of halogens is 1. The highest BCUT2D eigenvalue weighted by molar-refractivity contribution is 6.01. The van der Waals surface area contributed by atoms with Crippen LogP contribution in [-0.4, -0.2) is 32.0 Å². The van der Waals surface area contributed by atoms with Crippen molar-refractivity contribution in [2.45, 2.75) is 18.7 Å². The number of para-hydroxylation sites is 1. The Morgan fingerprint density at radius 1 is 0.875 bits per heavy atom. The largest absolute Gasteiger partial charge is 0.496 e. The first-order valence-electron chi connectivity index (χ1n) is 10.3. The van der Waals surface area contributed by atoms with Crippen LogP contribution in [0.1, 0.15) is 35.4 Å². The number of nitrogens with zero attached hydrogens (tertiary/aromatic N) is 2. The van der Waals surface area contributed by atoms with E-state index in [1.54, 1.807) is 39.5 Å². The van der Waals surface area contributed by atoms with Crippen molar-refractivity contribution < 1.29 is 23.3 Å². The van der Waals surface area contributed by atoms with E-state index >= 15 is 0 Å². The number of hydrazone groups is 1. The third-order valence-electron chi connectivity index (χ3n) is 5.88. The molecule has 0 N–H and O–H groups in total. The van der Waals surface area contributed by atoms with Crippen molar-refractivity contribution >= 4 is 5.71 Å². The molecule has 0 aliphatic carbocycles. The lowest BCUT2D eigenvalue weighted by molar-refractivity contribution is -0.0205. The second-order valence-electron chi connectivity index (χ2n) is 7.61. The summed E-state index contributed by atoms with van der Waals surface area (Å²) in [4.78, 5) is 0. The summed E-state index contributed by atoms with van der Waals surface area (Å²) in [5.41, 5.74) is 3.59. The van der Waals surface area contributed by atoms with Crippen molar-refractivity contribution in [1.29, 1.82) is 0 Å². The lowest BCUT2D eigenvalue weighted by atomic mass is 9.95. The van der Waals surface area contributed by atoms with Gasteiger partial charge in [0.1, 0.15) is 17.3 Å². The maximum atomic E-state index is 13.5. The van der Waals surface area contributed by atoms with Crippen LogP contribution in [-0.2, 0) is 0 Å². The van der Waals surface area contributed by atoms with Gasteiger partial charge in [0.05, 0.1) is 38.6 Å². The van der Waals surface area contributed by atoms with Gasteiger partial charge in [-0.05, 0) is 29.8 Å². The summed E-state index contributed by atoms with van der Waals surface area (Å²) in [5.74, 6) is 2.27. The van der Waals surface area contributed by atoms with E-state index in [0.29, 0.717) is 23.7 Å². The van der Waals surface area contributed by atoms with Gasteiger partial charge in [-0.25, -0.2) is 9.40 Å². The molecule has 0 spiro atoms. The van der Waals surface area contributed by atoms with Gasteiger partial charge in [0.25, 0.3) is 0 Å². The summed E-state index contributed by atoms with van der Waals surface area (Å²) in [5, 5.41) is 6.86. The normalized spacial score (nSPS) is 18.9. The Kier molecular flexibility index (Phi) is 5.09. The second kappa shape index (κ2) is 8.07. The molecule has 0 saturated heterocycles. The number of methoxy groups -OCH3 is 3. The van der Waals surface area contributed by atoms with Crippen LogP contribution >= 0.6 is 0 Å². The van der Waals surface area contributed by atoms with Crippen molar-refractivity contribution in [2.75, 3.05) is 21.3 Å². The molecule has 6 nitrogen and oxygen atoms in total. The third-order valence-corrected chi connectivity index (χ3v) is 5.88.